The summed E-state index contributed by atoms with van der Waals surface area (Å²) in [6, 6.07) is 0. The first kappa shape index (κ1) is 20.8. The Morgan fingerprint density at radius 2 is 1.21 bits per heavy atom. The summed E-state index contributed by atoms with van der Waals surface area (Å²) in [7, 11) is 0. The molecule has 142 valence electrons. The normalized spacial score (nSPS) is 27.5. The Morgan fingerprint density at radius 3 is 1.50 bits per heavy atom. The quantitative estimate of drug-likeness (QED) is 0.607. The Hall–Kier alpha value is -1.20. The third-order valence-electron chi connectivity index (χ3n) is 3.33. The van der Waals surface area contributed by atoms with Gasteiger partial charge in [-0.05, 0) is 20.8 Å². The van der Waals surface area contributed by atoms with E-state index in [1.807, 2.05) is 0 Å². The van der Waals surface area contributed by atoms with Crippen molar-refractivity contribution in [3.8, 4) is 0 Å². The van der Waals surface area contributed by atoms with E-state index in [0.29, 0.717) is 0 Å². The fraction of sp³-hybridized carbons (Fsp3) is 0.917. The molecule has 0 aromatic carbocycles. The third-order valence-corrected chi connectivity index (χ3v) is 3.33. The molecule has 0 aliphatic heterocycles. The molecule has 0 aromatic rings. The highest BCUT2D eigenvalue weighted by Gasteiger charge is 3.00. The van der Waals surface area contributed by atoms with Gasteiger partial charge in [-0.3, -0.25) is 0 Å². The number of alkyl halides is 9. The number of carbonyl (C=O) groups excluding carboxylic acids is 1. The zero-order chi connectivity index (χ0) is 19.6. The summed E-state index contributed by atoms with van der Waals surface area (Å²) < 4.78 is 124. The summed E-state index contributed by atoms with van der Waals surface area (Å²) >= 11 is 0. The van der Waals surface area contributed by atoms with Gasteiger partial charge in [-0.25, -0.2) is 9.18 Å². The van der Waals surface area contributed by atoms with Crippen LogP contribution in [0.3, 0.4) is 0 Å². The van der Waals surface area contributed by atoms with Gasteiger partial charge in [0, 0.05) is 6.42 Å². The van der Waals surface area contributed by atoms with Crippen molar-refractivity contribution >= 4 is 5.97 Å². The minimum Gasteiger partial charge on any atom is -0.458 e. The van der Waals surface area contributed by atoms with Gasteiger partial charge in [-0.1, -0.05) is 0 Å². The highest BCUT2D eigenvalue weighted by molar-refractivity contribution is 5.75. The summed E-state index contributed by atoms with van der Waals surface area (Å²) in [6.07, 6.45) is -5.82. The van der Waals surface area contributed by atoms with E-state index in [-0.39, 0.29) is 0 Å². The predicted octanol–water partition coefficient (Wildman–Crippen LogP) is 3.34. The predicted molar refractivity (Wildman–Crippen MR) is 60.1 cm³/mol. The first-order chi connectivity index (χ1) is 10.3. The second-order valence-electron chi connectivity index (χ2n) is 6.35. The van der Waals surface area contributed by atoms with Gasteiger partial charge in [0.25, 0.3) is 5.67 Å². The second-order valence-corrected chi connectivity index (χ2v) is 6.35. The molecule has 1 fully saturated rings. The molecule has 0 aromatic heterocycles. The molecule has 1 atom stereocenters. The van der Waals surface area contributed by atoms with E-state index >= 15 is 0 Å². The van der Waals surface area contributed by atoms with Gasteiger partial charge in [0.2, 0.25) is 0 Å². The fourth-order valence-corrected chi connectivity index (χ4v) is 2.07. The van der Waals surface area contributed by atoms with Gasteiger partial charge in [0.05, 0.1) is 0 Å². The smallest absolute Gasteiger partial charge is 0.381 e. The molecule has 0 spiro atoms. The lowest BCUT2D eigenvalue weighted by Crippen LogP contribution is -2.57. The van der Waals surface area contributed by atoms with Gasteiger partial charge in [-0.15, -0.1) is 0 Å². The monoisotopic (exact) mass is 376 g/mol. The maximum atomic E-state index is 14.1. The zero-order valence-electron chi connectivity index (χ0n) is 12.4. The van der Waals surface area contributed by atoms with Crippen molar-refractivity contribution in [2.24, 2.45) is 0 Å². The lowest BCUT2D eigenvalue weighted by atomic mass is 9.90. The molecule has 1 saturated carbocycles. The first-order valence-corrected chi connectivity index (χ1v) is 6.37. The Morgan fingerprint density at radius 1 is 0.875 bits per heavy atom. The van der Waals surface area contributed by atoms with E-state index in [2.05, 4.69) is 4.74 Å². The summed E-state index contributed by atoms with van der Waals surface area (Å²) in [6.45, 7) is 3.59. The molecule has 0 saturated heterocycles. The Bertz CT molecular complexity index is 498. The van der Waals surface area contributed by atoms with Crippen molar-refractivity contribution in [3.63, 3.8) is 0 Å². The highest BCUT2D eigenvalue weighted by atomic mass is 19.4. The number of hydrogen-bond acceptors (Lipinski definition) is 3. The van der Waals surface area contributed by atoms with Crippen LogP contribution >= 0.6 is 0 Å². The Labute approximate surface area is 129 Å². The fourth-order valence-electron chi connectivity index (χ4n) is 2.07. The largest absolute Gasteiger partial charge is 0.458 e. The molecular weight excluding hydrogens is 363 g/mol. The van der Waals surface area contributed by atoms with Crippen LogP contribution in [0.15, 0.2) is 0 Å². The molecule has 24 heavy (non-hydrogen) atoms. The van der Waals surface area contributed by atoms with Crippen LogP contribution in [-0.4, -0.2) is 52.1 Å². The van der Waals surface area contributed by atoms with Gasteiger partial charge in [-0.2, -0.15) is 35.1 Å². The number of aliphatic hydroxyl groups excluding tert-OH is 1. The summed E-state index contributed by atoms with van der Waals surface area (Å²) in [5.41, 5.74) is -7.26. The van der Waals surface area contributed by atoms with Crippen LogP contribution in [0.2, 0.25) is 0 Å². The molecule has 0 heterocycles. The number of hydrogen-bond donors (Lipinski definition) is 1. The standard InChI is InChI=1S/C12H13F9O3/c1-7(2,3)24-6(23)5(22)4-8(13)9(14,15)11(18,19)12(20,21)10(8,16)17/h5,22H,4H2,1-3H3. The third kappa shape index (κ3) is 2.44. The minimum absolute atomic E-state index is 1.20. The van der Waals surface area contributed by atoms with Gasteiger partial charge in [0.1, 0.15) is 5.60 Å². The van der Waals surface area contributed by atoms with Crippen LogP contribution in [0.1, 0.15) is 27.2 Å². The van der Waals surface area contributed by atoms with E-state index in [4.69, 9.17) is 0 Å². The summed E-state index contributed by atoms with van der Waals surface area (Å²) in [5, 5.41) is 9.24. The van der Waals surface area contributed by atoms with E-state index in [1.165, 1.54) is 20.8 Å². The number of esters is 1. The van der Waals surface area contributed by atoms with Crippen LogP contribution in [0.25, 0.3) is 0 Å². The van der Waals surface area contributed by atoms with E-state index in [0.717, 1.165) is 0 Å². The topological polar surface area (TPSA) is 46.5 Å². The Kier molecular flexibility index (Phi) is 4.47. The SMILES string of the molecule is CC(C)(C)OC(=O)C(O)CC1(F)C(F)(F)C(F)(F)C(F)(F)C1(F)F. The number of aliphatic hydroxyl groups is 1. The molecule has 3 nitrogen and oxygen atoms in total. The van der Waals surface area contributed by atoms with Crippen molar-refractivity contribution in [1.82, 2.24) is 0 Å². The van der Waals surface area contributed by atoms with Gasteiger partial charge < -0.3 is 9.84 Å². The second kappa shape index (κ2) is 5.15. The number of ether oxygens (including phenoxy) is 1. The van der Waals surface area contributed by atoms with Gasteiger partial charge in [0.15, 0.2) is 6.10 Å². The molecule has 1 N–H and O–H groups in total. The number of carbonyl (C=O) groups is 1. The lowest BCUT2D eigenvalue weighted by molar-refractivity contribution is -0.303. The molecule has 0 bridgehead atoms. The number of rotatable bonds is 3. The molecule has 1 unspecified atom stereocenters. The van der Waals surface area contributed by atoms with Crippen molar-refractivity contribution < 1.29 is 54.2 Å². The average Bonchev–Trinajstić information content (AvgIpc) is 2.38. The maximum Gasteiger partial charge on any atom is 0.381 e. The molecule has 1 aliphatic rings. The molecule has 1 rings (SSSR count). The van der Waals surface area contributed by atoms with Crippen LogP contribution in [0.4, 0.5) is 39.5 Å². The van der Waals surface area contributed by atoms with E-state index in [1.54, 1.807) is 0 Å². The van der Waals surface area contributed by atoms with E-state index < -0.39 is 53.5 Å². The van der Waals surface area contributed by atoms with Crippen LogP contribution in [0.5, 0.6) is 0 Å². The van der Waals surface area contributed by atoms with Gasteiger partial charge >= 0.3 is 29.7 Å². The first-order valence-electron chi connectivity index (χ1n) is 6.37. The maximum absolute atomic E-state index is 14.1. The average molecular weight is 376 g/mol. The molecule has 0 radical (unpaired) electrons. The lowest BCUT2D eigenvalue weighted by Gasteiger charge is -2.32. The zero-order valence-corrected chi connectivity index (χ0v) is 12.4. The number of halogens is 9. The van der Waals surface area contributed by atoms with Crippen molar-refractivity contribution in [2.75, 3.05) is 0 Å². The van der Waals surface area contributed by atoms with E-state index in [9.17, 15) is 49.4 Å². The summed E-state index contributed by atoms with van der Waals surface area (Å²) in [4.78, 5) is 11.3. The van der Waals surface area contributed by atoms with Crippen molar-refractivity contribution in [1.29, 1.82) is 0 Å². The highest BCUT2D eigenvalue weighted by Crippen LogP contribution is 2.70. The Balaban J connectivity index is 3.28. The van der Waals surface area contributed by atoms with Crippen LogP contribution in [0, 0.1) is 0 Å². The molecule has 0 amide bonds. The summed E-state index contributed by atoms with van der Waals surface area (Å²) in [5.74, 6) is -28.5. The van der Waals surface area contributed by atoms with Crippen molar-refractivity contribution in [3.05, 3.63) is 0 Å². The molecule has 12 heteroatoms. The minimum atomic E-state index is -6.74. The van der Waals surface area contributed by atoms with Crippen LogP contribution in [-0.2, 0) is 9.53 Å². The van der Waals surface area contributed by atoms with Crippen molar-refractivity contribution in [2.45, 2.75) is 68.3 Å². The van der Waals surface area contributed by atoms with Crippen LogP contribution < -0.4 is 0 Å². The molecule has 1 aliphatic carbocycles. The molecular formula is C12H13F9O3.